The number of pyridine rings is 1. The Hall–Kier alpha value is -2.91. The van der Waals surface area contributed by atoms with Crippen LogP contribution in [0.1, 0.15) is 23.1 Å². The zero-order valence-electron chi connectivity index (χ0n) is 17.5. The average Bonchev–Trinajstić information content (AvgIpc) is 2.78. The summed E-state index contributed by atoms with van der Waals surface area (Å²) in [6.07, 6.45) is 0.673. The quantitative estimate of drug-likeness (QED) is 0.739. The number of aromatic nitrogens is 1. The van der Waals surface area contributed by atoms with Crippen LogP contribution < -0.4 is 10.2 Å². The molecule has 3 heterocycles. The maximum atomic E-state index is 12.7. The van der Waals surface area contributed by atoms with E-state index >= 15 is 0 Å². The number of fused-ring (bicyclic) bond motifs is 1. The van der Waals surface area contributed by atoms with E-state index < -0.39 is 17.8 Å². The van der Waals surface area contributed by atoms with E-state index in [9.17, 15) is 23.1 Å². The number of amides is 1. The van der Waals surface area contributed by atoms with Crippen molar-refractivity contribution < 1.29 is 23.1 Å². The minimum absolute atomic E-state index is 0.0328. The van der Waals surface area contributed by atoms with E-state index in [2.05, 4.69) is 15.2 Å². The van der Waals surface area contributed by atoms with E-state index in [0.29, 0.717) is 51.4 Å². The minimum Gasteiger partial charge on any atom is -0.388 e. The average molecular weight is 446 g/mol. The number of alkyl halides is 3. The number of carbonyl (C=O) groups excluding carboxylic acids is 1. The Kier molecular flexibility index (Phi) is 6.48. The van der Waals surface area contributed by atoms with Crippen molar-refractivity contribution in [2.75, 3.05) is 42.9 Å². The Balaban J connectivity index is 1.26. The first-order valence-electron chi connectivity index (χ1n) is 10.6. The van der Waals surface area contributed by atoms with Crippen LogP contribution in [-0.4, -0.2) is 59.7 Å². The lowest BCUT2D eigenvalue weighted by molar-refractivity contribution is -0.137. The number of aliphatic hydroxyl groups excluding tert-OH is 1. The number of β-amino-alcohol motifs (C(OH)–C–C–N with tert-alkyl or cyclic N) is 1. The molecule has 6 nitrogen and oxygen atoms in total. The smallest absolute Gasteiger partial charge is 0.388 e. The molecule has 1 atom stereocenters. The highest BCUT2D eigenvalue weighted by Crippen LogP contribution is 2.29. The second kappa shape index (κ2) is 9.30. The molecule has 2 aromatic rings. The molecule has 2 N–H and O–H groups in total. The Morgan fingerprint density at radius 1 is 1.12 bits per heavy atom. The summed E-state index contributed by atoms with van der Waals surface area (Å²) in [5.41, 5.74) is 2.16. The summed E-state index contributed by atoms with van der Waals surface area (Å²) >= 11 is 0. The van der Waals surface area contributed by atoms with E-state index in [1.165, 1.54) is 6.07 Å². The normalized spacial score (nSPS) is 18.5. The fourth-order valence-electron chi connectivity index (χ4n) is 3.95. The van der Waals surface area contributed by atoms with Crippen LogP contribution in [0, 0.1) is 0 Å². The van der Waals surface area contributed by atoms with Crippen LogP contribution in [-0.2, 0) is 17.4 Å². The lowest BCUT2D eigenvalue weighted by atomic mass is 10.00. The fourth-order valence-corrected chi connectivity index (χ4v) is 3.95. The van der Waals surface area contributed by atoms with Crippen LogP contribution in [0.2, 0.25) is 0 Å². The Morgan fingerprint density at radius 2 is 1.91 bits per heavy atom. The molecule has 0 bridgehead atoms. The molecule has 170 valence electrons. The van der Waals surface area contributed by atoms with Crippen LogP contribution in [0.25, 0.3) is 6.08 Å². The SMILES string of the molecule is O=C1CCc2cc(/C=C/[C@@H](O)CN3CCN(c4ccc(C(F)(F)F)cn4)CC3)ccc2N1. The van der Waals surface area contributed by atoms with Gasteiger partial charge in [0.15, 0.2) is 0 Å². The molecule has 0 unspecified atom stereocenters. The molecular weight excluding hydrogens is 421 g/mol. The summed E-state index contributed by atoms with van der Waals surface area (Å²) in [6, 6.07) is 8.27. The van der Waals surface area contributed by atoms with Gasteiger partial charge in [0, 0.05) is 51.0 Å². The monoisotopic (exact) mass is 446 g/mol. The van der Waals surface area contributed by atoms with Crippen molar-refractivity contribution in [3.63, 3.8) is 0 Å². The van der Waals surface area contributed by atoms with Gasteiger partial charge in [0.25, 0.3) is 0 Å². The van der Waals surface area contributed by atoms with Crippen molar-refractivity contribution >= 4 is 23.5 Å². The molecule has 0 radical (unpaired) electrons. The second-order valence-corrected chi connectivity index (χ2v) is 8.08. The fraction of sp³-hybridized carbons (Fsp3) is 0.391. The zero-order chi connectivity index (χ0) is 22.7. The summed E-state index contributed by atoms with van der Waals surface area (Å²) in [5.74, 6) is 0.562. The summed E-state index contributed by atoms with van der Waals surface area (Å²) < 4.78 is 38.1. The third-order valence-corrected chi connectivity index (χ3v) is 5.75. The number of hydrogen-bond acceptors (Lipinski definition) is 5. The van der Waals surface area contributed by atoms with E-state index in [0.717, 1.165) is 29.1 Å². The van der Waals surface area contributed by atoms with Crippen LogP contribution in [0.5, 0.6) is 0 Å². The predicted molar refractivity (Wildman–Crippen MR) is 116 cm³/mol. The molecule has 1 saturated heterocycles. The van der Waals surface area contributed by atoms with Crippen molar-refractivity contribution in [2.24, 2.45) is 0 Å². The molecule has 0 spiro atoms. The number of carbonyl (C=O) groups is 1. The van der Waals surface area contributed by atoms with E-state index in [1.54, 1.807) is 6.08 Å². The standard InChI is InChI=1S/C23H25F3N4O2/c24-23(25,26)18-4-7-21(27-14-18)30-11-9-29(10-12-30)15-19(31)5-1-16-2-6-20-17(13-16)3-8-22(32)28-20/h1-2,4-7,13-14,19,31H,3,8-12,15H2,(H,28,32)/b5-1+/t19-/m1/s1. The Bertz CT molecular complexity index is 984. The Labute approximate surface area is 184 Å². The first kappa shape index (κ1) is 22.3. The number of piperazine rings is 1. The number of hydrogen-bond donors (Lipinski definition) is 2. The van der Waals surface area contributed by atoms with Gasteiger partial charge in [0.05, 0.1) is 11.7 Å². The van der Waals surface area contributed by atoms with Crippen molar-refractivity contribution in [3.8, 4) is 0 Å². The van der Waals surface area contributed by atoms with Crippen molar-refractivity contribution in [2.45, 2.75) is 25.1 Å². The van der Waals surface area contributed by atoms with Gasteiger partial charge in [0.2, 0.25) is 5.91 Å². The topological polar surface area (TPSA) is 68.7 Å². The molecule has 4 rings (SSSR count). The molecule has 0 saturated carbocycles. The van der Waals surface area contributed by atoms with E-state index in [1.807, 2.05) is 29.2 Å². The zero-order valence-corrected chi connectivity index (χ0v) is 17.5. The van der Waals surface area contributed by atoms with Crippen molar-refractivity contribution in [3.05, 3.63) is 59.3 Å². The van der Waals surface area contributed by atoms with Gasteiger partial charge in [-0.3, -0.25) is 9.69 Å². The summed E-state index contributed by atoms with van der Waals surface area (Å²) in [7, 11) is 0. The molecule has 2 aliphatic heterocycles. The van der Waals surface area contributed by atoms with Crippen LogP contribution in [0.3, 0.4) is 0 Å². The lowest BCUT2D eigenvalue weighted by Crippen LogP contribution is -2.48. The van der Waals surface area contributed by atoms with Crippen LogP contribution in [0.15, 0.2) is 42.6 Å². The maximum Gasteiger partial charge on any atom is 0.417 e. The number of rotatable bonds is 5. The highest BCUT2D eigenvalue weighted by atomic mass is 19.4. The minimum atomic E-state index is -4.39. The van der Waals surface area contributed by atoms with Crippen molar-refractivity contribution in [1.29, 1.82) is 0 Å². The van der Waals surface area contributed by atoms with E-state index in [4.69, 9.17) is 0 Å². The van der Waals surface area contributed by atoms with Gasteiger partial charge in [-0.1, -0.05) is 18.2 Å². The third kappa shape index (κ3) is 5.46. The van der Waals surface area contributed by atoms with Gasteiger partial charge in [0.1, 0.15) is 5.82 Å². The lowest BCUT2D eigenvalue weighted by Gasteiger charge is -2.36. The summed E-state index contributed by atoms with van der Waals surface area (Å²) in [5, 5.41) is 13.3. The summed E-state index contributed by atoms with van der Waals surface area (Å²) in [4.78, 5) is 19.5. The van der Waals surface area contributed by atoms with E-state index in [-0.39, 0.29) is 5.91 Å². The number of nitrogens with one attached hydrogen (secondary N) is 1. The van der Waals surface area contributed by atoms with Gasteiger partial charge in [-0.15, -0.1) is 0 Å². The number of anilines is 2. The molecule has 1 amide bonds. The van der Waals surface area contributed by atoms with Gasteiger partial charge in [-0.2, -0.15) is 13.2 Å². The molecule has 9 heteroatoms. The molecule has 1 aromatic carbocycles. The number of nitrogens with zero attached hydrogens (tertiary/aromatic N) is 3. The van der Waals surface area contributed by atoms with Gasteiger partial charge < -0.3 is 15.3 Å². The highest BCUT2D eigenvalue weighted by molar-refractivity contribution is 5.94. The number of aryl methyl sites for hydroxylation is 1. The number of benzene rings is 1. The molecular formula is C23H25F3N4O2. The predicted octanol–water partition coefficient (Wildman–Crippen LogP) is 3.18. The molecule has 32 heavy (non-hydrogen) atoms. The number of halogens is 3. The van der Waals surface area contributed by atoms with Gasteiger partial charge in [-0.25, -0.2) is 4.98 Å². The van der Waals surface area contributed by atoms with Crippen LogP contribution >= 0.6 is 0 Å². The molecule has 0 aliphatic carbocycles. The number of aliphatic hydroxyl groups is 1. The summed E-state index contributed by atoms with van der Waals surface area (Å²) in [6.45, 7) is 3.11. The second-order valence-electron chi connectivity index (χ2n) is 8.08. The molecule has 1 aromatic heterocycles. The third-order valence-electron chi connectivity index (χ3n) is 5.75. The first-order valence-corrected chi connectivity index (χ1v) is 10.6. The maximum absolute atomic E-state index is 12.7. The van der Waals surface area contributed by atoms with Gasteiger partial charge >= 0.3 is 6.18 Å². The first-order chi connectivity index (χ1) is 15.3. The van der Waals surface area contributed by atoms with Crippen LogP contribution in [0.4, 0.5) is 24.7 Å². The molecule has 2 aliphatic rings. The molecule has 1 fully saturated rings. The van der Waals surface area contributed by atoms with Gasteiger partial charge in [-0.05, 0) is 41.8 Å². The van der Waals surface area contributed by atoms with Crippen molar-refractivity contribution in [1.82, 2.24) is 9.88 Å². The Morgan fingerprint density at radius 3 is 2.59 bits per heavy atom. The highest BCUT2D eigenvalue weighted by Gasteiger charge is 2.31. The largest absolute Gasteiger partial charge is 0.417 e.